The van der Waals surface area contributed by atoms with E-state index in [1.165, 1.54) is 30.3 Å². The Morgan fingerprint density at radius 2 is 1.71 bits per heavy atom. The lowest BCUT2D eigenvalue weighted by Gasteiger charge is -2.10. The van der Waals surface area contributed by atoms with E-state index in [-0.39, 0.29) is 58.2 Å². The van der Waals surface area contributed by atoms with E-state index >= 15 is 0 Å². The van der Waals surface area contributed by atoms with Crippen LogP contribution in [-0.4, -0.2) is 45.2 Å². The molecule has 0 spiro atoms. The molecule has 0 atom stereocenters. The van der Waals surface area contributed by atoms with E-state index < -0.39 is 17.4 Å². The lowest BCUT2D eigenvalue weighted by atomic mass is 10.1. The molecular formula is C20H18F3N3O4S. The van der Waals surface area contributed by atoms with E-state index in [1.807, 2.05) is 0 Å². The second-order valence-corrected chi connectivity index (χ2v) is 7.36. The molecule has 0 aliphatic heterocycles. The van der Waals surface area contributed by atoms with Crippen molar-refractivity contribution in [2.45, 2.75) is 24.3 Å². The van der Waals surface area contributed by atoms with Crippen LogP contribution in [0.5, 0.6) is 0 Å². The number of hydrogen-bond acceptors (Lipinski definition) is 7. The number of halogens is 3. The number of rotatable bonds is 6. The van der Waals surface area contributed by atoms with Gasteiger partial charge in [0.15, 0.2) is 5.82 Å². The number of aromatic nitrogens is 3. The van der Waals surface area contributed by atoms with Crippen LogP contribution < -0.4 is 0 Å². The molecule has 0 amide bonds. The van der Waals surface area contributed by atoms with Gasteiger partial charge in [0, 0.05) is 11.9 Å². The summed E-state index contributed by atoms with van der Waals surface area (Å²) < 4.78 is 49.8. The topological polar surface area (TPSA) is 83.3 Å². The lowest BCUT2D eigenvalue weighted by molar-refractivity contribution is -0.0328. The first-order chi connectivity index (χ1) is 14.6. The van der Waals surface area contributed by atoms with Crippen LogP contribution in [0.15, 0.2) is 35.2 Å². The summed E-state index contributed by atoms with van der Waals surface area (Å²) in [4.78, 5) is 33.2. The van der Waals surface area contributed by atoms with Gasteiger partial charge in [0.1, 0.15) is 11.4 Å². The Morgan fingerprint density at radius 3 is 2.35 bits per heavy atom. The van der Waals surface area contributed by atoms with E-state index in [1.54, 1.807) is 25.5 Å². The van der Waals surface area contributed by atoms with E-state index in [0.29, 0.717) is 5.52 Å². The third kappa shape index (κ3) is 4.98. The summed E-state index contributed by atoms with van der Waals surface area (Å²) in [5.74, 6) is -1.15. The highest BCUT2D eigenvalue weighted by atomic mass is 32.2. The van der Waals surface area contributed by atoms with Gasteiger partial charge in [-0.05, 0) is 55.9 Å². The number of alkyl halides is 3. The van der Waals surface area contributed by atoms with Crippen molar-refractivity contribution >= 4 is 34.7 Å². The Kier molecular flexibility index (Phi) is 6.54. The summed E-state index contributed by atoms with van der Waals surface area (Å²) in [5.41, 5.74) is -3.53. The SMILES string of the molecule is CCOC(=O)c1ccc(C(=O)OCC)c(-c2nc3cc(SC(F)(F)F)ccc3n2C)n1. The molecule has 1 aromatic carbocycles. The first kappa shape index (κ1) is 22.6. The Hall–Kier alpha value is -3.08. The van der Waals surface area contributed by atoms with Gasteiger partial charge in [-0.25, -0.2) is 19.6 Å². The number of thioether (sulfide) groups is 1. The van der Waals surface area contributed by atoms with Gasteiger partial charge in [-0.2, -0.15) is 13.2 Å². The molecule has 3 aromatic rings. The standard InChI is InChI=1S/C20H18F3N3O4S/c1-4-29-18(27)12-7-8-13(19(28)30-5-2)24-16(12)17-25-14-10-11(31-20(21,22)23)6-9-15(14)26(17)3/h6-10H,4-5H2,1-3H3. The molecule has 2 heterocycles. The predicted molar refractivity (Wildman–Crippen MR) is 108 cm³/mol. The van der Waals surface area contributed by atoms with Crippen LogP contribution in [0.25, 0.3) is 22.6 Å². The Labute approximate surface area is 179 Å². The van der Waals surface area contributed by atoms with Gasteiger partial charge >= 0.3 is 17.4 Å². The number of pyridine rings is 1. The largest absolute Gasteiger partial charge is 0.462 e. The number of hydrogen-bond donors (Lipinski definition) is 0. The fraction of sp³-hybridized carbons (Fsp3) is 0.300. The minimum atomic E-state index is -4.43. The van der Waals surface area contributed by atoms with Crippen LogP contribution in [-0.2, 0) is 16.5 Å². The molecular weight excluding hydrogens is 435 g/mol. The molecule has 0 unspecified atom stereocenters. The van der Waals surface area contributed by atoms with Gasteiger partial charge in [0.2, 0.25) is 0 Å². The predicted octanol–water partition coefficient (Wildman–Crippen LogP) is 4.60. The second-order valence-electron chi connectivity index (χ2n) is 6.23. The van der Waals surface area contributed by atoms with E-state index in [2.05, 4.69) is 9.97 Å². The van der Waals surface area contributed by atoms with Crippen molar-refractivity contribution < 1.29 is 32.2 Å². The molecule has 11 heteroatoms. The summed E-state index contributed by atoms with van der Waals surface area (Å²) in [6.45, 7) is 3.56. The number of carbonyl (C=O) groups is 2. The first-order valence-electron chi connectivity index (χ1n) is 9.22. The Bertz CT molecular complexity index is 1140. The maximum Gasteiger partial charge on any atom is 0.446 e. The minimum Gasteiger partial charge on any atom is -0.462 e. The van der Waals surface area contributed by atoms with Crippen molar-refractivity contribution in [3.63, 3.8) is 0 Å². The van der Waals surface area contributed by atoms with Crippen molar-refractivity contribution in [1.29, 1.82) is 0 Å². The van der Waals surface area contributed by atoms with Crippen LogP contribution in [0.2, 0.25) is 0 Å². The van der Waals surface area contributed by atoms with Gasteiger partial charge in [0.05, 0.1) is 29.8 Å². The summed E-state index contributed by atoms with van der Waals surface area (Å²) in [7, 11) is 1.63. The molecule has 0 saturated carbocycles. The zero-order valence-electron chi connectivity index (χ0n) is 16.8. The molecule has 2 aromatic heterocycles. The number of benzene rings is 1. The highest BCUT2D eigenvalue weighted by Gasteiger charge is 2.30. The molecule has 3 rings (SSSR count). The van der Waals surface area contributed by atoms with Crippen LogP contribution in [0, 0.1) is 0 Å². The molecule has 0 bridgehead atoms. The van der Waals surface area contributed by atoms with Crippen LogP contribution in [0.3, 0.4) is 0 Å². The fourth-order valence-corrected chi connectivity index (χ4v) is 3.48. The number of imidazole rings is 1. The molecule has 164 valence electrons. The van der Waals surface area contributed by atoms with Gasteiger partial charge in [-0.3, -0.25) is 0 Å². The quantitative estimate of drug-likeness (QED) is 0.398. The third-order valence-electron chi connectivity index (χ3n) is 4.17. The van der Waals surface area contributed by atoms with E-state index in [4.69, 9.17) is 9.47 Å². The van der Waals surface area contributed by atoms with Crippen molar-refractivity contribution in [3.8, 4) is 11.5 Å². The number of aryl methyl sites for hydroxylation is 1. The number of carbonyl (C=O) groups excluding carboxylic acids is 2. The molecule has 0 radical (unpaired) electrons. The van der Waals surface area contributed by atoms with Gasteiger partial charge < -0.3 is 14.0 Å². The smallest absolute Gasteiger partial charge is 0.446 e. The van der Waals surface area contributed by atoms with Crippen molar-refractivity contribution in [2.75, 3.05) is 13.2 Å². The lowest BCUT2D eigenvalue weighted by Crippen LogP contribution is -2.13. The molecule has 7 nitrogen and oxygen atoms in total. The van der Waals surface area contributed by atoms with Gasteiger partial charge in [0.25, 0.3) is 0 Å². The van der Waals surface area contributed by atoms with Crippen LogP contribution in [0.1, 0.15) is 34.7 Å². The van der Waals surface area contributed by atoms with Crippen molar-refractivity contribution in [3.05, 3.63) is 41.6 Å². The monoisotopic (exact) mass is 453 g/mol. The molecule has 0 fully saturated rings. The number of esters is 2. The highest BCUT2D eigenvalue weighted by molar-refractivity contribution is 8.00. The average Bonchev–Trinajstić information content (AvgIpc) is 3.02. The van der Waals surface area contributed by atoms with Gasteiger partial charge in [-0.15, -0.1) is 0 Å². The Balaban J connectivity index is 2.16. The minimum absolute atomic E-state index is 0.0245. The van der Waals surface area contributed by atoms with E-state index in [9.17, 15) is 22.8 Å². The van der Waals surface area contributed by atoms with Crippen LogP contribution >= 0.6 is 11.8 Å². The Morgan fingerprint density at radius 1 is 1.03 bits per heavy atom. The number of fused-ring (bicyclic) bond motifs is 1. The molecule has 0 aliphatic rings. The maximum atomic E-state index is 12.7. The van der Waals surface area contributed by atoms with Crippen molar-refractivity contribution in [1.82, 2.24) is 14.5 Å². The van der Waals surface area contributed by atoms with Crippen LogP contribution in [0.4, 0.5) is 13.2 Å². The molecule has 0 aliphatic carbocycles. The third-order valence-corrected chi connectivity index (χ3v) is 4.89. The fourth-order valence-electron chi connectivity index (χ4n) is 2.91. The summed E-state index contributed by atoms with van der Waals surface area (Å²) >= 11 is -0.247. The van der Waals surface area contributed by atoms with Gasteiger partial charge in [-0.1, -0.05) is 0 Å². The number of nitrogens with zero attached hydrogens (tertiary/aromatic N) is 3. The van der Waals surface area contributed by atoms with E-state index in [0.717, 1.165) is 0 Å². The summed E-state index contributed by atoms with van der Waals surface area (Å²) in [5, 5.41) is 0. The zero-order valence-corrected chi connectivity index (χ0v) is 17.6. The summed E-state index contributed by atoms with van der Waals surface area (Å²) in [6.07, 6.45) is 0. The van der Waals surface area contributed by atoms with Crippen molar-refractivity contribution in [2.24, 2.45) is 7.05 Å². The first-order valence-corrected chi connectivity index (χ1v) is 10.0. The summed E-state index contributed by atoms with van der Waals surface area (Å²) in [6, 6.07) is 6.86. The molecule has 31 heavy (non-hydrogen) atoms. The maximum absolute atomic E-state index is 12.7. The zero-order chi connectivity index (χ0) is 22.8. The molecule has 0 N–H and O–H groups in total. The highest BCUT2D eigenvalue weighted by Crippen LogP contribution is 2.38. The normalized spacial score (nSPS) is 11.5. The number of ether oxygens (including phenoxy) is 2. The average molecular weight is 453 g/mol. The second kappa shape index (κ2) is 8.96. The molecule has 0 saturated heterocycles.